The molecule has 0 aromatic heterocycles. The van der Waals surface area contributed by atoms with Crippen LogP contribution in [0.25, 0.3) is 0 Å². The lowest BCUT2D eigenvalue weighted by Gasteiger charge is -2.03. The van der Waals surface area contributed by atoms with Crippen molar-refractivity contribution in [3.63, 3.8) is 0 Å². The molecule has 0 bridgehead atoms. The third-order valence-electron chi connectivity index (χ3n) is 2.09. The molecular formula is C9H8N2O3S. The van der Waals surface area contributed by atoms with Crippen molar-refractivity contribution in [1.29, 1.82) is 0 Å². The van der Waals surface area contributed by atoms with E-state index < -0.39 is 4.92 Å². The molecule has 1 aromatic carbocycles. The maximum atomic E-state index is 11.1. The fraction of sp³-hybridized carbons (Fsp3) is 0.222. The summed E-state index contributed by atoms with van der Waals surface area (Å²) in [5.41, 5.74) is 0.866. The summed E-state index contributed by atoms with van der Waals surface area (Å²) in [5, 5.41) is 13.2. The molecule has 0 unspecified atom stereocenters. The predicted molar refractivity (Wildman–Crippen MR) is 55.7 cm³/mol. The first-order valence-corrected chi connectivity index (χ1v) is 5.32. The van der Waals surface area contributed by atoms with Crippen molar-refractivity contribution in [1.82, 2.24) is 5.32 Å². The number of non-ortho nitro benzene ring substituents is 1. The fourth-order valence-corrected chi connectivity index (χ4v) is 2.22. The summed E-state index contributed by atoms with van der Waals surface area (Å²) in [6.45, 7) is 0.364. The standard InChI is InChI=1S/C9H8N2O3S/c12-9-5-15-8-2-1-7(11(13)14)3-6(8)4-10-9/h1-3H,4-5H2,(H,10,12). The van der Waals surface area contributed by atoms with Crippen LogP contribution in [0, 0.1) is 10.1 Å². The highest BCUT2D eigenvalue weighted by molar-refractivity contribution is 8.00. The van der Waals surface area contributed by atoms with E-state index in [9.17, 15) is 14.9 Å². The molecule has 1 aliphatic heterocycles. The van der Waals surface area contributed by atoms with Gasteiger partial charge < -0.3 is 5.32 Å². The van der Waals surface area contributed by atoms with E-state index in [0.29, 0.717) is 12.3 Å². The number of carbonyl (C=O) groups excluding carboxylic acids is 1. The minimum atomic E-state index is -0.433. The Morgan fingerprint density at radius 2 is 2.27 bits per heavy atom. The van der Waals surface area contributed by atoms with Crippen molar-refractivity contribution >= 4 is 23.4 Å². The Labute approximate surface area is 90.0 Å². The zero-order chi connectivity index (χ0) is 10.8. The molecule has 0 radical (unpaired) electrons. The molecule has 2 rings (SSSR count). The number of nitrogens with zero attached hydrogens (tertiary/aromatic N) is 1. The zero-order valence-corrected chi connectivity index (χ0v) is 8.54. The summed E-state index contributed by atoms with van der Waals surface area (Å²) < 4.78 is 0. The molecule has 1 aliphatic rings. The van der Waals surface area contributed by atoms with Gasteiger partial charge in [-0.05, 0) is 11.6 Å². The maximum Gasteiger partial charge on any atom is 0.269 e. The highest BCUT2D eigenvalue weighted by atomic mass is 32.2. The van der Waals surface area contributed by atoms with Gasteiger partial charge in [-0.3, -0.25) is 14.9 Å². The lowest BCUT2D eigenvalue weighted by atomic mass is 10.2. The lowest BCUT2D eigenvalue weighted by molar-refractivity contribution is -0.385. The van der Waals surface area contributed by atoms with E-state index in [1.54, 1.807) is 6.07 Å². The molecule has 78 valence electrons. The molecule has 1 N–H and O–H groups in total. The molecule has 15 heavy (non-hydrogen) atoms. The lowest BCUT2D eigenvalue weighted by Crippen LogP contribution is -2.22. The average molecular weight is 224 g/mol. The van der Waals surface area contributed by atoms with E-state index in [4.69, 9.17) is 0 Å². The summed E-state index contributed by atoms with van der Waals surface area (Å²) in [4.78, 5) is 22.1. The number of fused-ring (bicyclic) bond motifs is 1. The van der Waals surface area contributed by atoms with E-state index in [1.807, 2.05) is 0 Å². The quantitative estimate of drug-likeness (QED) is 0.576. The highest BCUT2D eigenvalue weighted by Crippen LogP contribution is 2.28. The molecule has 0 aliphatic carbocycles. The second kappa shape index (κ2) is 3.90. The number of thioether (sulfide) groups is 1. The van der Waals surface area contributed by atoms with Gasteiger partial charge in [0.05, 0.1) is 10.7 Å². The number of amides is 1. The van der Waals surface area contributed by atoms with Crippen molar-refractivity contribution in [3.05, 3.63) is 33.9 Å². The molecule has 0 atom stereocenters. The molecule has 6 heteroatoms. The van der Waals surface area contributed by atoms with Crippen LogP contribution in [0.3, 0.4) is 0 Å². The van der Waals surface area contributed by atoms with Crippen molar-refractivity contribution in [3.8, 4) is 0 Å². The molecule has 0 saturated heterocycles. The summed E-state index contributed by atoms with van der Waals surface area (Å²) in [5.74, 6) is 0.323. The number of carbonyl (C=O) groups is 1. The average Bonchev–Trinajstić information content (AvgIpc) is 2.40. The molecule has 1 aromatic rings. The number of nitro benzene ring substituents is 1. The van der Waals surface area contributed by atoms with Crippen LogP contribution in [0.2, 0.25) is 0 Å². The topological polar surface area (TPSA) is 72.2 Å². The van der Waals surface area contributed by atoms with E-state index in [2.05, 4.69) is 5.32 Å². The van der Waals surface area contributed by atoms with Crippen LogP contribution < -0.4 is 5.32 Å². The van der Waals surface area contributed by atoms with Gasteiger partial charge in [-0.2, -0.15) is 0 Å². The summed E-state index contributed by atoms with van der Waals surface area (Å²) in [7, 11) is 0. The number of rotatable bonds is 1. The summed E-state index contributed by atoms with van der Waals surface area (Å²) in [6, 6.07) is 4.66. The molecule has 0 spiro atoms. The highest BCUT2D eigenvalue weighted by Gasteiger charge is 2.15. The minimum absolute atomic E-state index is 0.0427. The second-order valence-electron chi connectivity index (χ2n) is 3.11. The Bertz CT molecular complexity index is 433. The van der Waals surface area contributed by atoms with Gasteiger partial charge in [0, 0.05) is 23.6 Å². The van der Waals surface area contributed by atoms with Crippen molar-refractivity contribution in [2.24, 2.45) is 0 Å². The molecule has 0 saturated carbocycles. The Morgan fingerprint density at radius 3 is 3.00 bits per heavy atom. The molecular weight excluding hydrogens is 216 g/mol. The molecule has 1 heterocycles. The third kappa shape index (κ3) is 2.10. The Balaban J connectivity index is 2.36. The second-order valence-corrected chi connectivity index (χ2v) is 4.13. The van der Waals surface area contributed by atoms with Gasteiger partial charge in [0.1, 0.15) is 0 Å². The third-order valence-corrected chi connectivity index (χ3v) is 3.21. The van der Waals surface area contributed by atoms with Crippen LogP contribution in [0.5, 0.6) is 0 Å². The van der Waals surface area contributed by atoms with E-state index >= 15 is 0 Å². The van der Waals surface area contributed by atoms with Crippen LogP contribution in [-0.2, 0) is 11.3 Å². The SMILES string of the molecule is O=C1CSc2ccc([N+](=O)[O-])cc2CN1. The minimum Gasteiger partial charge on any atom is -0.351 e. The van der Waals surface area contributed by atoms with Crippen LogP contribution in [0.1, 0.15) is 5.56 Å². The normalized spacial score (nSPS) is 15.1. The molecule has 5 nitrogen and oxygen atoms in total. The predicted octanol–water partition coefficient (Wildman–Crippen LogP) is 1.32. The number of nitrogens with one attached hydrogen (secondary N) is 1. The van der Waals surface area contributed by atoms with Crippen molar-refractivity contribution < 1.29 is 9.72 Å². The van der Waals surface area contributed by atoms with Gasteiger partial charge in [-0.1, -0.05) is 0 Å². The number of hydrogen-bond donors (Lipinski definition) is 1. The number of hydrogen-bond acceptors (Lipinski definition) is 4. The maximum absolute atomic E-state index is 11.1. The summed E-state index contributed by atoms with van der Waals surface area (Å²) >= 11 is 1.40. The van der Waals surface area contributed by atoms with Crippen molar-refractivity contribution in [2.75, 3.05) is 5.75 Å². The van der Waals surface area contributed by atoms with Gasteiger partial charge >= 0.3 is 0 Å². The van der Waals surface area contributed by atoms with E-state index in [-0.39, 0.29) is 11.6 Å². The largest absolute Gasteiger partial charge is 0.351 e. The van der Waals surface area contributed by atoms with Crippen LogP contribution in [0.4, 0.5) is 5.69 Å². The Hall–Kier alpha value is -1.56. The Morgan fingerprint density at radius 1 is 1.47 bits per heavy atom. The smallest absolute Gasteiger partial charge is 0.269 e. The van der Waals surface area contributed by atoms with Crippen LogP contribution >= 0.6 is 11.8 Å². The first kappa shape index (κ1) is 9.97. The van der Waals surface area contributed by atoms with Gasteiger partial charge in [-0.25, -0.2) is 0 Å². The number of benzene rings is 1. The molecule has 1 amide bonds. The van der Waals surface area contributed by atoms with Crippen LogP contribution in [-0.4, -0.2) is 16.6 Å². The van der Waals surface area contributed by atoms with E-state index in [0.717, 1.165) is 10.5 Å². The zero-order valence-electron chi connectivity index (χ0n) is 7.73. The van der Waals surface area contributed by atoms with Crippen LogP contribution in [0.15, 0.2) is 23.1 Å². The van der Waals surface area contributed by atoms with Gasteiger partial charge in [0.25, 0.3) is 5.69 Å². The Kier molecular flexibility index (Phi) is 2.59. The number of nitro groups is 1. The van der Waals surface area contributed by atoms with Gasteiger partial charge in [0.2, 0.25) is 5.91 Å². The molecule has 0 fully saturated rings. The summed E-state index contributed by atoms with van der Waals surface area (Å²) in [6.07, 6.45) is 0. The van der Waals surface area contributed by atoms with Crippen molar-refractivity contribution in [2.45, 2.75) is 11.4 Å². The van der Waals surface area contributed by atoms with Gasteiger partial charge in [0.15, 0.2) is 0 Å². The first-order valence-electron chi connectivity index (χ1n) is 4.33. The first-order chi connectivity index (χ1) is 7.16. The monoisotopic (exact) mass is 224 g/mol. The van der Waals surface area contributed by atoms with E-state index in [1.165, 1.54) is 23.9 Å². The van der Waals surface area contributed by atoms with Gasteiger partial charge in [-0.15, -0.1) is 11.8 Å². The fourth-order valence-electron chi connectivity index (χ4n) is 1.35.